The predicted molar refractivity (Wildman–Crippen MR) is 121 cm³/mol. The van der Waals surface area contributed by atoms with Crippen LogP contribution in [0.25, 0.3) is 11.3 Å². The van der Waals surface area contributed by atoms with E-state index in [4.69, 9.17) is 4.42 Å². The minimum Gasteiger partial charge on any atom is -0.460 e. The van der Waals surface area contributed by atoms with Crippen molar-refractivity contribution in [3.05, 3.63) is 80.9 Å². The van der Waals surface area contributed by atoms with Gasteiger partial charge >= 0.3 is 0 Å². The van der Waals surface area contributed by atoms with Crippen molar-refractivity contribution in [3.8, 4) is 11.3 Å². The van der Waals surface area contributed by atoms with Gasteiger partial charge in [0.05, 0.1) is 6.54 Å². The quantitative estimate of drug-likeness (QED) is 0.432. The average Bonchev–Trinajstić information content (AvgIpc) is 3.17. The zero-order valence-electron chi connectivity index (χ0n) is 15.7. The van der Waals surface area contributed by atoms with Gasteiger partial charge in [-0.25, -0.2) is 0 Å². The fraction of sp³-hybridized carbons (Fsp3) is 0.304. The number of furan rings is 1. The normalized spacial score (nSPS) is 15.8. The van der Waals surface area contributed by atoms with Crippen LogP contribution in [0.4, 0.5) is 0 Å². The number of rotatable bonds is 6. The van der Waals surface area contributed by atoms with Crippen LogP contribution in [-0.4, -0.2) is 24.0 Å². The Hall–Kier alpha value is -1.40. The van der Waals surface area contributed by atoms with Crippen LogP contribution < -0.4 is 5.32 Å². The van der Waals surface area contributed by atoms with Crippen LogP contribution in [0.3, 0.4) is 0 Å². The summed E-state index contributed by atoms with van der Waals surface area (Å²) in [4.78, 5) is 2.55. The topological polar surface area (TPSA) is 28.4 Å². The molecule has 0 unspecified atom stereocenters. The largest absolute Gasteiger partial charge is 0.460 e. The molecule has 0 spiro atoms. The maximum atomic E-state index is 6.06. The van der Waals surface area contributed by atoms with Crippen molar-refractivity contribution in [2.75, 3.05) is 13.1 Å². The first-order valence-corrected chi connectivity index (χ1v) is 11.3. The maximum Gasteiger partial charge on any atom is 0.135 e. The molecule has 1 aromatic heterocycles. The Labute approximate surface area is 183 Å². The van der Waals surface area contributed by atoms with Crippen molar-refractivity contribution < 1.29 is 4.42 Å². The Bertz CT molecular complexity index is 902. The summed E-state index contributed by atoms with van der Waals surface area (Å²) in [5.41, 5.74) is 2.47. The Morgan fingerprint density at radius 1 is 0.964 bits per heavy atom. The zero-order valence-corrected chi connectivity index (χ0v) is 18.9. The van der Waals surface area contributed by atoms with E-state index in [0.717, 1.165) is 52.2 Å². The standard InChI is InChI=1S/C23H24Br2N2O/c24-18-6-8-21(22(25)14-18)23-9-7-20(28-23)15-26-19-10-12-27(13-11-19)16-17-4-2-1-3-5-17/h1-9,14,19,26H,10-13,15-16H2. The van der Waals surface area contributed by atoms with Crippen LogP contribution in [0.1, 0.15) is 24.2 Å². The molecular weight excluding hydrogens is 480 g/mol. The van der Waals surface area contributed by atoms with E-state index in [1.54, 1.807) is 0 Å². The van der Waals surface area contributed by atoms with E-state index in [1.807, 2.05) is 18.2 Å². The molecular formula is C23H24Br2N2O. The summed E-state index contributed by atoms with van der Waals surface area (Å²) in [6.07, 6.45) is 2.36. The molecule has 2 heterocycles. The van der Waals surface area contributed by atoms with Crippen molar-refractivity contribution in [1.82, 2.24) is 10.2 Å². The lowest BCUT2D eigenvalue weighted by Crippen LogP contribution is -2.41. The number of benzene rings is 2. The van der Waals surface area contributed by atoms with Crippen molar-refractivity contribution >= 4 is 31.9 Å². The van der Waals surface area contributed by atoms with E-state index in [9.17, 15) is 0 Å². The molecule has 1 aliphatic rings. The second-order valence-corrected chi connectivity index (χ2v) is 9.08. The summed E-state index contributed by atoms with van der Waals surface area (Å²) in [6.45, 7) is 4.11. The van der Waals surface area contributed by atoms with Crippen LogP contribution in [-0.2, 0) is 13.1 Å². The highest BCUT2D eigenvalue weighted by Gasteiger charge is 2.19. The smallest absolute Gasteiger partial charge is 0.135 e. The second kappa shape index (κ2) is 9.40. The highest BCUT2D eigenvalue weighted by Crippen LogP contribution is 2.32. The van der Waals surface area contributed by atoms with E-state index in [1.165, 1.54) is 18.4 Å². The zero-order chi connectivity index (χ0) is 19.3. The molecule has 1 N–H and O–H groups in total. The molecule has 5 heteroatoms. The summed E-state index contributed by atoms with van der Waals surface area (Å²) in [6, 6.07) is 21.5. The minimum atomic E-state index is 0.556. The third-order valence-electron chi connectivity index (χ3n) is 5.26. The number of halogens is 2. The van der Waals surface area contributed by atoms with Crippen molar-refractivity contribution in [2.24, 2.45) is 0 Å². The van der Waals surface area contributed by atoms with Crippen molar-refractivity contribution in [1.29, 1.82) is 0 Å². The lowest BCUT2D eigenvalue weighted by Gasteiger charge is -2.32. The first-order valence-electron chi connectivity index (χ1n) is 9.71. The maximum absolute atomic E-state index is 6.06. The Kier molecular flexibility index (Phi) is 6.68. The Morgan fingerprint density at radius 2 is 1.75 bits per heavy atom. The van der Waals surface area contributed by atoms with E-state index in [0.29, 0.717) is 6.04 Å². The molecule has 0 radical (unpaired) electrons. The summed E-state index contributed by atoms with van der Waals surface area (Å²) in [5.74, 6) is 1.88. The molecule has 1 aliphatic heterocycles. The summed E-state index contributed by atoms with van der Waals surface area (Å²) in [5, 5.41) is 3.67. The molecule has 1 saturated heterocycles. The van der Waals surface area contributed by atoms with Gasteiger partial charge in [-0.05, 0) is 77.8 Å². The van der Waals surface area contributed by atoms with Crippen LogP contribution in [0, 0.1) is 0 Å². The van der Waals surface area contributed by atoms with Gasteiger partial charge in [0.1, 0.15) is 11.5 Å². The SMILES string of the molecule is Brc1ccc(-c2ccc(CNC3CCN(Cc4ccccc4)CC3)o2)c(Br)c1. The molecule has 2 aromatic carbocycles. The van der Waals surface area contributed by atoms with Gasteiger partial charge in [-0.3, -0.25) is 4.90 Å². The van der Waals surface area contributed by atoms with Gasteiger partial charge in [0, 0.05) is 27.1 Å². The first kappa shape index (κ1) is 19.9. The molecule has 4 rings (SSSR count). The number of hydrogen-bond donors (Lipinski definition) is 1. The number of piperidine rings is 1. The summed E-state index contributed by atoms with van der Waals surface area (Å²) >= 11 is 7.11. The van der Waals surface area contributed by atoms with Crippen LogP contribution in [0.15, 0.2) is 74.0 Å². The van der Waals surface area contributed by atoms with Crippen molar-refractivity contribution in [3.63, 3.8) is 0 Å². The molecule has 3 aromatic rings. The molecule has 0 bridgehead atoms. The van der Waals surface area contributed by atoms with Gasteiger partial charge in [0.15, 0.2) is 0 Å². The molecule has 0 atom stereocenters. The minimum absolute atomic E-state index is 0.556. The van der Waals surface area contributed by atoms with Crippen LogP contribution >= 0.6 is 31.9 Å². The van der Waals surface area contributed by atoms with Gasteiger partial charge in [-0.2, -0.15) is 0 Å². The number of likely N-dealkylation sites (tertiary alicyclic amines) is 1. The highest BCUT2D eigenvalue weighted by molar-refractivity contribution is 9.11. The monoisotopic (exact) mass is 502 g/mol. The van der Waals surface area contributed by atoms with E-state index < -0.39 is 0 Å². The third-order valence-corrected chi connectivity index (χ3v) is 6.41. The van der Waals surface area contributed by atoms with Gasteiger partial charge in [-0.1, -0.05) is 46.3 Å². The number of nitrogens with zero attached hydrogens (tertiary/aromatic N) is 1. The van der Waals surface area contributed by atoms with Gasteiger partial charge < -0.3 is 9.73 Å². The van der Waals surface area contributed by atoms with Crippen LogP contribution in [0.2, 0.25) is 0 Å². The lowest BCUT2D eigenvalue weighted by atomic mass is 10.0. The first-order chi connectivity index (χ1) is 13.7. The predicted octanol–water partition coefficient (Wildman–Crippen LogP) is 6.23. The van der Waals surface area contributed by atoms with E-state index in [-0.39, 0.29) is 0 Å². The van der Waals surface area contributed by atoms with E-state index >= 15 is 0 Å². The lowest BCUT2D eigenvalue weighted by molar-refractivity contribution is 0.189. The third kappa shape index (κ3) is 5.15. The Balaban J connectivity index is 1.26. The molecule has 28 heavy (non-hydrogen) atoms. The molecule has 0 saturated carbocycles. The van der Waals surface area contributed by atoms with Gasteiger partial charge in [-0.15, -0.1) is 0 Å². The summed E-state index contributed by atoms with van der Waals surface area (Å²) in [7, 11) is 0. The molecule has 0 amide bonds. The highest BCUT2D eigenvalue weighted by atomic mass is 79.9. The average molecular weight is 504 g/mol. The fourth-order valence-electron chi connectivity index (χ4n) is 3.69. The molecule has 146 valence electrons. The Morgan fingerprint density at radius 3 is 2.50 bits per heavy atom. The molecule has 0 aliphatic carbocycles. The van der Waals surface area contributed by atoms with Crippen LogP contribution in [0.5, 0.6) is 0 Å². The van der Waals surface area contributed by atoms with E-state index in [2.05, 4.69) is 84.5 Å². The summed E-state index contributed by atoms with van der Waals surface area (Å²) < 4.78 is 8.14. The van der Waals surface area contributed by atoms with Gasteiger partial charge in [0.25, 0.3) is 0 Å². The van der Waals surface area contributed by atoms with Gasteiger partial charge in [0.2, 0.25) is 0 Å². The number of nitrogens with one attached hydrogen (secondary N) is 1. The molecule has 3 nitrogen and oxygen atoms in total. The van der Waals surface area contributed by atoms with Crippen molar-refractivity contribution in [2.45, 2.75) is 32.0 Å². The number of hydrogen-bond acceptors (Lipinski definition) is 3. The second-order valence-electron chi connectivity index (χ2n) is 7.31. The molecule has 1 fully saturated rings. The fourth-order valence-corrected chi connectivity index (χ4v) is 4.93.